The van der Waals surface area contributed by atoms with Crippen molar-refractivity contribution in [3.05, 3.63) is 36.0 Å². The van der Waals surface area contributed by atoms with E-state index in [2.05, 4.69) is 20.4 Å². The molecule has 0 atom stereocenters. The van der Waals surface area contributed by atoms with Gasteiger partial charge in [-0.1, -0.05) is 53.7 Å². The highest BCUT2D eigenvalue weighted by Gasteiger charge is 2.17. The zero-order valence-electron chi connectivity index (χ0n) is 12.2. The quantitative estimate of drug-likeness (QED) is 0.797. The van der Waals surface area contributed by atoms with Crippen LogP contribution in [0.15, 0.2) is 34.9 Å². The molecule has 112 valence electrons. The number of rotatable bonds is 4. The summed E-state index contributed by atoms with van der Waals surface area (Å²) in [6, 6.07) is 9.60. The number of benzene rings is 1. The number of nitrogens with zero attached hydrogens (tertiary/aromatic N) is 3. The molecule has 0 aliphatic heterocycles. The van der Waals surface area contributed by atoms with Crippen molar-refractivity contribution in [3.8, 4) is 22.2 Å². The summed E-state index contributed by atoms with van der Waals surface area (Å²) in [5, 5.41) is 7.28. The van der Waals surface area contributed by atoms with Gasteiger partial charge < -0.3 is 9.84 Å². The Hall–Kier alpha value is -2.54. The van der Waals surface area contributed by atoms with Crippen molar-refractivity contribution >= 4 is 22.4 Å². The number of carbonyl (C=O) groups is 1. The molecule has 0 saturated carbocycles. The van der Waals surface area contributed by atoms with Crippen LogP contribution in [0, 0.1) is 6.92 Å². The number of aryl methyl sites for hydroxylation is 1. The van der Waals surface area contributed by atoms with Crippen LogP contribution in [0.2, 0.25) is 0 Å². The summed E-state index contributed by atoms with van der Waals surface area (Å²) < 4.78 is 5.33. The molecule has 2 heterocycles. The minimum atomic E-state index is -0.0733. The third-order valence-electron chi connectivity index (χ3n) is 3.02. The van der Waals surface area contributed by atoms with Crippen molar-refractivity contribution in [3.63, 3.8) is 0 Å². The summed E-state index contributed by atoms with van der Waals surface area (Å²) in [6.45, 7) is 3.64. The van der Waals surface area contributed by atoms with Crippen LogP contribution in [0.1, 0.15) is 19.0 Å². The van der Waals surface area contributed by atoms with Crippen LogP contribution in [0.25, 0.3) is 22.2 Å². The van der Waals surface area contributed by atoms with Crippen LogP contribution < -0.4 is 5.32 Å². The second-order valence-corrected chi connectivity index (χ2v) is 5.62. The molecule has 0 bridgehead atoms. The largest absolute Gasteiger partial charge is 0.333 e. The van der Waals surface area contributed by atoms with Crippen molar-refractivity contribution in [1.29, 1.82) is 0 Å². The minimum Gasteiger partial charge on any atom is -0.333 e. The van der Waals surface area contributed by atoms with Gasteiger partial charge in [0.2, 0.25) is 11.7 Å². The molecule has 1 aromatic carbocycles. The summed E-state index contributed by atoms with van der Waals surface area (Å²) in [4.78, 5) is 20.9. The summed E-state index contributed by atoms with van der Waals surface area (Å²) in [6.07, 6.45) is 0.409. The van der Waals surface area contributed by atoms with E-state index in [0.717, 1.165) is 16.1 Å². The van der Waals surface area contributed by atoms with Gasteiger partial charge in [0.25, 0.3) is 5.89 Å². The van der Waals surface area contributed by atoms with Crippen molar-refractivity contribution in [2.24, 2.45) is 0 Å². The van der Waals surface area contributed by atoms with E-state index in [9.17, 15) is 4.79 Å². The Morgan fingerprint density at radius 1 is 1.27 bits per heavy atom. The van der Waals surface area contributed by atoms with E-state index < -0.39 is 0 Å². The predicted molar refractivity (Wildman–Crippen MR) is 84.5 cm³/mol. The van der Waals surface area contributed by atoms with Crippen molar-refractivity contribution in [2.75, 3.05) is 5.32 Å². The Morgan fingerprint density at radius 3 is 2.77 bits per heavy atom. The zero-order valence-corrected chi connectivity index (χ0v) is 13.0. The number of amides is 1. The maximum Gasteiger partial charge on any atom is 0.270 e. The Morgan fingerprint density at radius 2 is 2.05 bits per heavy atom. The molecule has 7 heteroatoms. The van der Waals surface area contributed by atoms with E-state index in [0.29, 0.717) is 23.3 Å². The standard InChI is InChI=1S/C15H14N4O2S/c1-3-11(20)17-15-16-9(2)12(22-15)14-18-13(19-21-14)10-7-5-4-6-8-10/h4-8H,3H2,1-2H3,(H,16,17,20). The fraction of sp³-hybridized carbons (Fsp3) is 0.200. The highest BCUT2D eigenvalue weighted by Crippen LogP contribution is 2.32. The van der Waals surface area contributed by atoms with Crippen LogP contribution in [-0.2, 0) is 4.79 Å². The average molecular weight is 314 g/mol. The van der Waals surface area contributed by atoms with Crippen molar-refractivity contribution < 1.29 is 9.32 Å². The van der Waals surface area contributed by atoms with E-state index in [1.165, 1.54) is 11.3 Å². The highest BCUT2D eigenvalue weighted by atomic mass is 32.1. The third-order valence-corrected chi connectivity index (χ3v) is 4.08. The van der Waals surface area contributed by atoms with Crippen molar-refractivity contribution in [1.82, 2.24) is 15.1 Å². The number of aromatic nitrogens is 3. The first-order valence-corrected chi connectivity index (χ1v) is 7.65. The van der Waals surface area contributed by atoms with E-state index in [1.54, 1.807) is 6.92 Å². The zero-order chi connectivity index (χ0) is 15.5. The van der Waals surface area contributed by atoms with Crippen LogP contribution in [-0.4, -0.2) is 21.0 Å². The van der Waals surface area contributed by atoms with Crippen LogP contribution in [0.5, 0.6) is 0 Å². The predicted octanol–water partition coefficient (Wildman–Crippen LogP) is 3.52. The molecular weight excluding hydrogens is 300 g/mol. The van der Waals surface area contributed by atoms with Gasteiger partial charge in [-0.3, -0.25) is 4.79 Å². The summed E-state index contributed by atoms with van der Waals surface area (Å²) >= 11 is 1.33. The van der Waals surface area contributed by atoms with Gasteiger partial charge in [0.05, 0.1) is 5.69 Å². The third kappa shape index (κ3) is 2.89. The van der Waals surface area contributed by atoms with Gasteiger partial charge in [-0.15, -0.1) is 0 Å². The molecule has 0 aliphatic rings. The maximum absolute atomic E-state index is 11.4. The number of anilines is 1. The molecule has 0 radical (unpaired) electrons. The second kappa shape index (κ2) is 6.07. The van der Waals surface area contributed by atoms with Crippen LogP contribution in [0.4, 0.5) is 5.13 Å². The first kappa shape index (κ1) is 14.4. The maximum atomic E-state index is 11.4. The molecule has 0 aliphatic carbocycles. The number of hydrogen-bond acceptors (Lipinski definition) is 6. The van der Waals surface area contributed by atoms with Gasteiger partial charge in [0.15, 0.2) is 5.13 Å². The van der Waals surface area contributed by atoms with Crippen LogP contribution >= 0.6 is 11.3 Å². The normalized spacial score (nSPS) is 10.6. The molecule has 2 aromatic heterocycles. The Bertz CT molecular complexity index is 795. The summed E-state index contributed by atoms with van der Waals surface area (Å²) in [7, 11) is 0. The molecule has 3 rings (SSSR count). The van der Waals surface area contributed by atoms with E-state index >= 15 is 0 Å². The fourth-order valence-corrected chi connectivity index (χ4v) is 2.78. The van der Waals surface area contributed by atoms with Gasteiger partial charge in [0, 0.05) is 12.0 Å². The number of thiazole rings is 1. The lowest BCUT2D eigenvalue weighted by Gasteiger charge is -1.95. The lowest BCUT2D eigenvalue weighted by molar-refractivity contribution is -0.115. The van der Waals surface area contributed by atoms with Crippen LogP contribution in [0.3, 0.4) is 0 Å². The lowest BCUT2D eigenvalue weighted by atomic mass is 10.2. The molecule has 0 unspecified atom stereocenters. The first-order chi connectivity index (χ1) is 10.7. The van der Waals surface area contributed by atoms with Gasteiger partial charge in [-0.2, -0.15) is 4.98 Å². The SMILES string of the molecule is CCC(=O)Nc1nc(C)c(-c2nc(-c3ccccc3)no2)s1. The molecule has 0 saturated heterocycles. The number of nitrogens with one attached hydrogen (secondary N) is 1. The van der Waals surface area contributed by atoms with E-state index in [1.807, 2.05) is 37.3 Å². The fourth-order valence-electron chi connectivity index (χ4n) is 1.88. The summed E-state index contributed by atoms with van der Waals surface area (Å²) in [5.74, 6) is 0.865. The smallest absolute Gasteiger partial charge is 0.270 e. The first-order valence-electron chi connectivity index (χ1n) is 6.84. The second-order valence-electron chi connectivity index (χ2n) is 4.62. The molecular formula is C15H14N4O2S. The molecule has 22 heavy (non-hydrogen) atoms. The van der Waals surface area contributed by atoms with Gasteiger partial charge in [0.1, 0.15) is 4.88 Å². The lowest BCUT2D eigenvalue weighted by Crippen LogP contribution is -2.08. The molecule has 1 N–H and O–H groups in total. The highest BCUT2D eigenvalue weighted by molar-refractivity contribution is 7.19. The van der Waals surface area contributed by atoms with Gasteiger partial charge >= 0.3 is 0 Å². The molecule has 6 nitrogen and oxygen atoms in total. The number of carbonyl (C=O) groups excluding carboxylic acids is 1. The van der Waals surface area contributed by atoms with Crippen molar-refractivity contribution in [2.45, 2.75) is 20.3 Å². The Labute approximate surface area is 131 Å². The van der Waals surface area contributed by atoms with Gasteiger partial charge in [-0.05, 0) is 6.92 Å². The topological polar surface area (TPSA) is 80.9 Å². The molecule has 3 aromatic rings. The average Bonchev–Trinajstić information content (AvgIpc) is 3.14. The van der Waals surface area contributed by atoms with E-state index in [-0.39, 0.29) is 5.91 Å². The van der Waals surface area contributed by atoms with E-state index in [4.69, 9.17) is 4.52 Å². The molecule has 0 fully saturated rings. The summed E-state index contributed by atoms with van der Waals surface area (Å²) in [5.41, 5.74) is 1.64. The minimum absolute atomic E-state index is 0.0733. The van der Waals surface area contributed by atoms with Gasteiger partial charge in [-0.25, -0.2) is 4.98 Å². The number of hydrogen-bond donors (Lipinski definition) is 1. The Kier molecular flexibility index (Phi) is 3.97. The Balaban J connectivity index is 1.89. The monoisotopic (exact) mass is 314 g/mol. The molecule has 1 amide bonds. The molecule has 0 spiro atoms.